The highest BCUT2D eigenvalue weighted by Gasteiger charge is 2.19. The largest absolute Gasteiger partial charge is 0.489 e. The van der Waals surface area contributed by atoms with Crippen LogP contribution < -0.4 is 14.8 Å². The van der Waals surface area contributed by atoms with Gasteiger partial charge in [0.25, 0.3) is 5.91 Å². The summed E-state index contributed by atoms with van der Waals surface area (Å²) < 4.78 is 11.2. The molecule has 1 atom stereocenters. The number of hydrogen-bond donors (Lipinski definition) is 1. The molecular formula is C18H17Cl2NO3. The number of carbonyl (C=O) groups is 1. The molecule has 0 aliphatic carbocycles. The Balaban J connectivity index is 1.78. The summed E-state index contributed by atoms with van der Waals surface area (Å²) in [7, 11) is 0. The van der Waals surface area contributed by atoms with Gasteiger partial charge < -0.3 is 14.8 Å². The minimum absolute atomic E-state index is 0.162. The second kappa shape index (κ2) is 7.32. The van der Waals surface area contributed by atoms with Crippen LogP contribution in [0.3, 0.4) is 0 Å². The highest BCUT2D eigenvalue weighted by Crippen LogP contribution is 2.38. The zero-order valence-electron chi connectivity index (χ0n) is 13.1. The molecule has 1 aliphatic rings. The maximum absolute atomic E-state index is 12.5. The van der Waals surface area contributed by atoms with Crippen molar-refractivity contribution in [2.24, 2.45) is 0 Å². The first-order valence-electron chi connectivity index (χ1n) is 7.70. The van der Waals surface area contributed by atoms with E-state index in [2.05, 4.69) is 5.32 Å². The van der Waals surface area contributed by atoms with E-state index < -0.39 is 0 Å². The van der Waals surface area contributed by atoms with Crippen LogP contribution in [0.2, 0.25) is 10.0 Å². The summed E-state index contributed by atoms with van der Waals surface area (Å²) in [5, 5.41) is 3.98. The first kappa shape index (κ1) is 16.9. The lowest BCUT2D eigenvalue weighted by Crippen LogP contribution is -2.26. The Labute approximate surface area is 150 Å². The normalized spacial score (nSPS) is 14.6. The van der Waals surface area contributed by atoms with E-state index in [4.69, 9.17) is 32.7 Å². The van der Waals surface area contributed by atoms with Gasteiger partial charge in [-0.25, -0.2) is 0 Å². The monoisotopic (exact) mass is 365 g/mol. The van der Waals surface area contributed by atoms with Crippen LogP contribution in [0.25, 0.3) is 0 Å². The zero-order valence-corrected chi connectivity index (χ0v) is 14.7. The van der Waals surface area contributed by atoms with E-state index in [9.17, 15) is 4.79 Å². The number of ether oxygens (including phenoxy) is 2. The molecule has 0 saturated heterocycles. The number of amides is 1. The lowest BCUT2D eigenvalue weighted by atomic mass is 10.1. The van der Waals surface area contributed by atoms with Gasteiger partial charge in [0.15, 0.2) is 11.5 Å². The van der Waals surface area contributed by atoms with Crippen LogP contribution in [0, 0.1) is 0 Å². The van der Waals surface area contributed by atoms with Gasteiger partial charge >= 0.3 is 0 Å². The van der Waals surface area contributed by atoms with Gasteiger partial charge in [-0.05, 0) is 36.8 Å². The minimum atomic E-state index is -0.227. The molecule has 0 aromatic heterocycles. The fourth-order valence-corrected chi connectivity index (χ4v) is 2.87. The third-order valence-corrected chi connectivity index (χ3v) is 4.31. The van der Waals surface area contributed by atoms with Crippen LogP contribution in [0.1, 0.15) is 35.3 Å². The van der Waals surface area contributed by atoms with E-state index in [1.165, 1.54) is 0 Å². The minimum Gasteiger partial charge on any atom is -0.489 e. The quantitative estimate of drug-likeness (QED) is 0.861. The Kier molecular flexibility index (Phi) is 5.17. The van der Waals surface area contributed by atoms with Crippen molar-refractivity contribution in [2.45, 2.75) is 19.4 Å². The smallest absolute Gasteiger partial charge is 0.251 e. The van der Waals surface area contributed by atoms with E-state index in [1.807, 2.05) is 19.1 Å². The SMILES string of the molecule is CC(NC(=O)c1cc(Cl)c2c(c1)OCCCO2)c1ccc(Cl)cc1. The highest BCUT2D eigenvalue weighted by molar-refractivity contribution is 6.32. The molecule has 4 nitrogen and oxygen atoms in total. The lowest BCUT2D eigenvalue weighted by molar-refractivity contribution is 0.0939. The molecule has 1 N–H and O–H groups in total. The van der Waals surface area contributed by atoms with E-state index in [0.29, 0.717) is 40.3 Å². The Hall–Kier alpha value is -1.91. The average molecular weight is 366 g/mol. The third kappa shape index (κ3) is 3.77. The van der Waals surface area contributed by atoms with Crippen molar-refractivity contribution in [3.05, 3.63) is 57.6 Å². The number of hydrogen-bond acceptors (Lipinski definition) is 3. The fraction of sp³-hybridized carbons (Fsp3) is 0.278. The van der Waals surface area contributed by atoms with Gasteiger partial charge in [-0.2, -0.15) is 0 Å². The van der Waals surface area contributed by atoms with Crippen LogP contribution in [-0.4, -0.2) is 19.1 Å². The van der Waals surface area contributed by atoms with Crippen molar-refractivity contribution in [3.63, 3.8) is 0 Å². The van der Waals surface area contributed by atoms with E-state index in [-0.39, 0.29) is 11.9 Å². The number of nitrogens with one attached hydrogen (secondary N) is 1. The van der Waals surface area contributed by atoms with Crippen LogP contribution in [0.15, 0.2) is 36.4 Å². The number of rotatable bonds is 3. The van der Waals surface area contributed by atoms with Gasteiger partial charge in [0.1, 0.15) is 0 Å². The van der Waals surface area contributed by atoms with Crippen molar-refractivity contribution in [3.8, 4) is 11.5 Å². The summed E-state index contributed by atoms with van der Waals surface area (Å²) in [6, 6.07) is 10.5. The number of benzene rings is 2. The van der Waals surface area contributed by atoms with Crippen molar-refractivity contribution in [1.82, 2.24) is 5.32 Å². The van der Waals surface area contributed by atoms with Crippen LogP contribution in [0.5, 0.6) is 11.5 Å². The molecule has 126 valence electrons. The Morgan fingerprint density at radius 3 is 2.58 bits per heavy atom. The van der Waals surface area contributed by atoms with Crippen molar-refractivity contribution < 1.29 is 14.3 Å². The number of halogens is 2. The maximum atomic E-state index is 12.5. The Bertz CT molecular complexity index is 747. The van der Waals surface area contributed by atoms with Crippen molar-refractivity contribution >= 4 is 29.1 Å². The topological polar surface area (TPSA) is 47.6 Å². The first-order valence-corrected chi connectivity index (χ1v) is 8.45. The molecule has 2 aromatic rings. The number of fused-ring (bicyclic) bond motifs is 1. The molecule has 0 saturated carbocycles. The molecule has 0 bridgehead atoms. The molecule has 24 heavy (non-hydrogen) atoms. The Morgan fingerprint density at radius 1 is 1.12 bits per heavy atom. The zero-order chi connectivity index (χ0) is 17.1. The summed E-state index contributed by atoms with van der Waals surface area (Å²) in [6.45, 7) is 2.99. The molecule has 1 amide bonds. The van der Waals surface area contributed by atoms with E-state index >= 15 is 0 Å². The van der Waals surface area contributed by atoms with Gasteiger partial charge in [0.2, 0.25) is 0 Å². The fourth-order valence-electron chi connectivity index (χ4n) is 2.48. The Morgan fingerprint density at radius 2 is 1.83 bits per heavy atom. The third-order valence-electron chi connectivity index (χ3n) is 3.78. The molecule has 2 aromatic carbocycles. The van der Waals surface area contributed by atoms with Gasteiger partial charge in [0, 0.05) is 17.0 Å². The van der Waals surface area contributed by atoms with Gasteiger partial charge in [-0.3, -0.25) is 4.79 Å². The molecule has 1 aliphatic heterocycles. The highest BCUT2D eigenvalue weighted by atomic mass is 35.5. The van der Waals surface area contributed by atoms with Crippen molar-refractivity contribution in [1.29, 1.82) is 0 Å². The summed E-state index contributed by atoms with van der Waals surface area (Å²) >= 11 is 12.1. The summed E-state index contributed by atoms with van der Waals surface area (Å²) in [5.74, 6) is 0.774. The summed E-state index contributed by atoms with van der Waals surface area (Å²) in [5.41, 5.74) is 1.40. The molecule has 0 fully saturated rings. The molecule has 0 spiro atoms. The van der Waals surface area contributed by atoms with Crippen LogP contribution in [-0.2, 0) is 0 Å². The molecule has 3 rings (SSSR count). The van der Waals surface area contributed by atoms with Crippen LogP contribution >= 0.6 is 23.2 Å². The molecule has 0 radical (unpaired) electrons. The van der Waals surface area contributed by atoms with E-state index in [0.717, 1.165) is 12.0 Å². The second-order valence-corrected chi connectivity index (χ2v) is 6.43. The second-order valence-electron chi connectivity index (χ2n) is 5.58. The van der Waals surface area contributed by atoms with Gasteiger partial charge in [-0.15, -0.1) is 0 Å². The molecular weight excluding hydrogens is 349 g/mol. The molecule has 1 heterocycles. The lowest BCUT2D eigenvalue weighted by Gasteiger charge is -2.16. The van der Waals surface area contributed by atoms with Gasteiger partial charge in [-0.1, -0.05) is 35.3 Å². The van der Waals surface area contributed by atoms with Gasteiger partial charge in [0.05, 0.1) is 24.3 Å². The standard InChI is InChI=1S/C18H17Cl2NO3/c1-11(12-3-5-14(19)6-4-12)21-18(22)13-9-15(20)17-16(10-13)23-7-2-8-24-17/h3-6,9-11H,2,7-8H2,1H3,(H,21,22). The molecule has 1 unspecified atom stereocenters. The van der Waals surface area contributed by atoms with Crippen LogP contribution in [0.4, 0.5) is 0 Å². The first-order chi connectivity index (χ1) is 11.5. The van der Waals surface area contributed by atoms with Crippen molar-refractivity contribution in [2.75, 3.05) is 13.2 Å². The number of carbonyl (C=O) groups excluding carboxylic acids is 1. The summed E-state index contributed by atoms with van der Waals surface area (Å²) in [4.78, 5) is 12.5. The summed E-state index contributed by atoms with van der Waals surface area (Å²) in [6.07, 6.45) is 0.778. The maximum Gasteiger partial charge on any atom is 0.251 e. The van der Waals surface area contributed by atoms with E-state index in [1.54, 1.807) is 24.3 Å². The predicted molar refractivity (Wildman–Crippen MR) is 94.4 cm³/mol. The molecule has 6 heteroatoms. The average Bonchev–Trinajstić information content (AvgIpc) is 2.81. The predicted octanol–water partition coefficient (Wildman–Crippen LogP) is 4.65.